The minimum atomic E-state index is -4.80. The van der Waals surface area contributed by atoms with Crippen LogP contribution in [0, 0.1) is 0 Å². The number of nitrogens with one attached hydrogen (secondary N) is 3. The molecule has 0 saturated heterocycles. The van der Waals surface area contributed by atoms with E-state index >= 15 is 0 Å². The molecule has 0 atom stereocenters. The van der Waals surface area contributed by atoms with Crippen molar-refractivity contribution in [2.75, 3.05) is 17.2 Å². The Kier molecular flexibility index (Phi) is 7.36. The predicted molar refractivity (Wildman–Crippen MR) is 115 cm³/mol. The SMILES string of the molecule is O=C(Nc1cc(C(F)(F)F)ccn1)Nc1cc(S(=O)(=O)NCC(F)(F)F)ccc1-c1ccccc1. The van der Waals surface area contributed by atoms with E-state index in [1.54, 1.807) is 30.3 Å². The van der Waals surface area contributed by atoms with Crippen LogP contribution in [0.15, 0.2) is 71.8 Å². The number of nitrogens with zero attached hydrogens (tertiary/aromatic N) is 1. The molecule has 0 radical (unpaired) electrons. The summed E-state index contributed by atoms with van der Waals surface area (Å²) in [6, 6.07) is 11.8. The van der Waals surface area contributed by atoms with Gasteiger partial charge < -0.3 is 5.32 Å². The van der Waals surface area contributed by atoms with Crippen LogP contribution >= 0.6 is 0 Å². The maximum atomic E-state index is 12.9. The van der Waals surface area contributed by atoms with Crippen LogP contribution in [-0.4, -0.2) is 32.2 Å². The van der Waals surface area contributed by atoms with E-state index in [0.717, 1.165) is 18.3 Å². The molecule has 0 aliphatic carbocycles. The smallest absolute Gasteiger partial charge is 0.307 e. The molecule has 186 valence electrons. The second kappa shape index (κ2) is 9.92. The first kappa shape index (κ1) is 26.0. The third kappa shape index (κ3) is 7.16. The monoisotopic (exact) mass is 518 g/mol. The van der Waals surface area contributed by atoms with Crippen molar-refractivity contribution in [3.63, 3.8) is 0 Å². The number of carbonyl (C=O) groups excluding carboxylic acids is 1. The van der Waals surface area contributed by atoms with Gasteiger partial charge >= 0.3 is 18.4 Å². The van der Waals surface area contributed by atoms with Crippen LogP contribution in [0.5, 0.6) is 0 Å². The molecule has 3 N–H and O–H groups in total. The Labute approximate surface area is 195 Å². The molecule has 2 aromatic carbocycles. The molecule has 0 fully saturated rings. The van der Waals surface area contributed by atoms with E-state index in [0.29, 0.717) is 23.3 Å². The number of rotatable bonds is 6. The summed E-state index contributed by atoms with van der Waals surface area (Å²) in [5.74, 6) is -0.436. The summed E-state index contributed by atoms with van der Waals surface area (Å²) in [4.78, 5) is 15.5. The summed E-state index contributed by atoms with van der Waals surface area (Å²) in [5.41, 5.74) is -0.369. The van der Waals surface area contributed by atoms with E-state index in [-0.39, 0.29) is 5.69 Å². The fraction of sp³-hybridized carbons (Fsp3) is 0.143. The topological polar surface area (TPSA) is 100 Å². The number of aromatic nitrogens is 1. The summed E-state index contributed by atoms with van der Waals surface area (Å²) >= 11 is 0. The summed E-state index contributed by atoms with van der Waals surface area (Å²) in [7, 11) is -4.61. The second-order valence-electron chi connectivity index (χ2n) is 7.02. The van der Waals surface area contributed by atoms with Crippen molar-refractivity contribution in [1.29, 1.82) is 0 Å². The Morgan fingerprint density at radius 1 is 0.886 bits per heavy atom. The fourth-order valence-corrected chi connectivity index (χ4v) is 3.91. The maximum absolute atomic E-state index is 12.9. The molecule has 3 rings (SSSR count). The fourth-order valence-electron chi connectivity index (χ4n) is 2.87. The summed E-state index contributed by atoms with van der Waals surface area (Å²) in [6.45, 7) is -1.81. The normalized spacial score (nSPS) is 12.3. The van der Waals surface area contributed by atoms with Gasteiger partial charge in [-0.2, -0.15) is 26.3 Å². The van der Waals surface area contributed by atoms with Crippen molar-refractivity contribution in [3.8, 4) is 11.1 Å². The van der Waals surface area contributed by atoms with E-state index in [1.807, 2.05) is 0 Å². The zero-order valence-electron chi connectivity index (χ0n) is 17.4. The molecule has 3 aromatic rings. The van der Waals surface area contributed by atoms with Gasteiger partial charge in [0.15, 0.2) is 0 Å². The number of carbonyl (C=O) groups is 1. The highest BCUT2D eigenvalue weighted by atomic mass is 32.2. The first-order valence-corrected chi connectivity index (χ1v) is 11.1. The lowest BCUT2D eigenvalue weighted by Gasteiger charge is -2.15. The van der Waals surface area contributed by atoms with Gasteiger partial charge in [0, 0.05) is 11.8 Å². The second-order valence-corrected chi connectivity index (χ2v) is 8.79. The van der Waals surface area contributed by atoms with Gasteiger partial charge in [0.05, 0.1) is 16.1 Å². The Morgan fingerprint density at radius 2 is 1.57 bits per heavy atom. The van der Waals surface area contributed by atoms with Crippen molar-refractivity contribution in [3.05, 3.63) is 72.4 Å². The number of sulfonamides is 1. The third-order valence-corrected chi connectivity index (χ3v) is 5.82. The number of pyridine rings is 1. The summed E-state index contributed by atoms with van der Waals surface area (Å²) in [6.07, 6.45) is -8.63. The predicted octanol–water partition coefficient (Wildman–Crippen LogP) is 5.25. The molecule has 2 amide bonds. The molecule has 0 aliphatic rings. The van der Waals surface area contributed by atoms with Gasteiger partial charge in [-0.1, -0.05) is 36.4 Å². The molecule has 0 unspecified atom stereocenters. The van der Waals surface area contributed by atoms with Gasteiger partial charge in [0.2, 0.25) is 10.0 Å². The van der Waals surface area contributed by atoms with Crippen molar-refractivity contribution in [2.24, 2.45) is 0 Å². The maximum Gasteiger partial charge on any atom is 0.416 e. The van der Waals surface area contributed by atoms with E-state index in [4.69, 9.17) is 0 Å². The number of halogens is 6. The molecule has 0 saturated carbocycles. The number of hydrogen-bond donors (Lipinski definition) is 3. The molecular weight excluding hydrogens is 502 g/mol. The average Bonchev–Trinajstić information content (AvgIpc) is 2.77. The van der Waals surface area contributed by atoms with Crippen molar-refractivity contribution in [2.45, 2.75) is 17.2 Å². The molecule has 0 aliphatic heterocycles. The molecule has 0 bridgehead atoms. The first-order chi connectivity index (χ1) is 16.2. The molecule has 1 heterocycles. The Balaban J connectivity index is 1.92. The lowest BCUT2D eigenvalue weighted by molar-refractivity contribution is -0.137. The highest BCUT2D eigenvalue weighted by molar-refractivity contribution is 7.89. The van der Waals surface area contributed by atoms with Crippen LogP contribution in [0.25, 0.3) is 11.1 Å². The zero-order chi connectivity index (χ0) is 25.9. The van der Waals surface area contributed by atoms with E-state index in [9.17, 15) is 39.6 Å². The van der Waals surface area contributed by atoms with Gasteiger partial charge in [-0.25, -0.2) is 22.9 Å². The van der Waals surface area contributed by atoms with E-state index in [1.165, 1.54) is 10.8 Å². The average molecular weight is 518 g/mol. The van der Waals surface area contributed by atoms with Crippen molar-refractivity contribution < 1.29 is 39.6 Å². The minimum Gasteiger partial charge on any atom is -0.307 e. The quantitative estimate of drug-likeness (QED) is 0.388. The van der Waals surface area contributed by atoms with Crippen LogP contribution in [0.3, 0.4) is 0 Å². The number of alkyl halides is 6. The van der Waals surface area contributed by atoms with E-state index in [2.05, 4.69) is 15.6 Å². The molecule has 0 spiro atoms. The number of urea groups is 1. The Morgan fingerprint density at radius 3 is 2.20 bits per heavy atom. The van der Waals surface area contributed by atoms with Crippen molar-refractivity contribution in [1.82, 2.24) is 9.71 Å². The number of amides is 2. The van der Waals surface area contributed by atoms with Crippen LogP contribution in [0.1, 0.15) is 5.56 Å². The standard InChI is InChI=1S/C21H16F6N4O3S/c22-20(23,24)12-29-35(33,34)15-6-7-16(13-4-2-1-3-5-13)17(11-15)30-19(32)31-18-10-14(8-9-28-18)21(25,26)27/h1-11,29H,12H2,(H2,28,30,31,32). The van der Waals surface area contributed by atoms with Gasteiger partial charge in [0.25, 0.3) is 0 Å². The van der Waals surface area contributed by atoms with Gasteiger partial charge in [0.1, 0.15) is 12.4 Å². The largest absolute Gasteiger partial charge is 0.416 e. The molecule has 14 heteroatoms. The van der Waals surface area contributed by atoms with Crippen LogP contribution < -0.4 is 15.4 Å². The number of anilines is 2. The summed E-state index contributed by atoms with van der Waals surface area (Å²) < 4.78 is 102. The van der Waals surface area contributed by atoms with Gasteiger partial charge in [-0.05, 0) is 29.8 Å². The number of benzene rings is 2. The van der Waals surface area contributed by atoms with Crippen molar-refractivity contribution >= 4 is 27.6 Å². The minimum absolute atomic E-state index is 0.129. The van der Waals surface area contributed by atoms with E-state index < -0.39 is 51.2 Å². The van der Waals surface area contributed by atoms with Crippen LogP contribution in [0.2, 0.25) is 0 Å². The lowest BCUT2D eigenvalue weighted by atomic mass is 10.0. The Bertz CT molecular complexity index is 1310. The van der Waals surface area contributed by atoms with Crippen LogP contribution in [-0.2, 0) is 16.2 Å². The highest BCUT2D eigenvalue weighted by Crippen LogP contribution is 2.32. The molecule has 1 aromatic heterocycles. The first-order valence-electron chi connectivity index (χ1n) is 9.62. The molecule has 35 heavy (non-hydrogen) atoms. The van der Waals surface area contributed by atoms with Crippen LogP contribution in [0.4, 0.5) is 42.6 Å². The Hall–Kier alpha value is -3.65. The molecule has 7 nitrogen and oxygen atoms in total. The summed E-state index contributed by atoms with van der Waals surface area (Å²) in [5, 5.41) is 4.42. The van der Waals surface area contributed by atoms with Gasteiger partial charge in [-0.3, -0.25) is 5.32 Å². The third-order valence-electron chi connectivity index (χ3n) is 4.43. The highest BCUT2D eigenvalue weighted by Gasteiger charge is 2.31. The zero-order valence-corrected chi connectivity index (χ0v) is 18.2. The van der Waals surface area contributed by atoms with Gasteiger partial charge in [-0.15, -0.1) is 0 Å². The number of hydrogen-bond acceptors (Lipinski definition) is 4. The lowest BCUT2D eigenvalue weighted by Crippen LogP contribution is -2.33. The molecular formula is C21H16F6N4O3S.